The normalized spacial score (nSPS) is 19.4. The molecular formula is C18H20FN3O5. The van der Waals surface area contributed by atoms with Crippen molar-refractivity contribution in [3.63, 3.8) is 0 Å². The molecule has 0 aliphatic carbocycles. The van der Waals surface area contributed by atoms with Crippen molar-refractivity contribution in [1.82, 2.24) is 10.2 Å². The number of anilines is 1. The van der Waals surface area contributed by atoms with Gasteiger partial charge < -0.3 is 19.7 Å². The van der Waals surface area contributed by atoms with Gasteiger partial charge in [-0.15, -0.1) is 0 Å². The Labute approximate surface area is 155 Å². The Balaban J connectivity index is 1.75. The lowest BCUT2D eigenvalue weighted by Crippen LogP contribution is -2.35. The average molecular weight is 377 g/mol. The van der Waals surface area contributed by atoms with E-state index in [1.807, 2.05) is 0 Å². The topological polar surface area (TPSA) is 88.2 Å². The predicted molar refractivity (Wildman–Crippen MR) is 94.7 cm³/mol. The SMILES string of the molecule is CNC(=O)[C@H]1CN(c2ccc(C3=CCN(C(=O)OC)CC3)c(F)c2)C(=O)O1. The Morgan fingerprint density at radius 1 is 1.37 bits per heavy atom. The first kappa shape index (κ1) is 18.7. The van der Waals surface area contributed by atoms with E-state index in [1.54, 1.807) is 18.2 Å². The van der Waals surface area contributed by atoms with Gasteiger partial charge >= 0.3 is 12.2 Å². The summed E-state index contributed by atoms with van der Waals surface area (Å²) in [5, 5.41) is 2.42. The first-order valence-electron chi connectivity index (χ1n) is 8.46. The second-order valence-electron chi connectivity index (χ2n) is 6.16. The first-order valence-corrected chi connectivity index (χ1v) is 8.46. The summed E-state index contributed by atoms with van der Waals surface area (Å²) in [7, 11) is 2.77. The standard InChI is InChI=1S/C18H20FN3O5/c1-20-16(23)15-10-22(18(25)27-15)12-3-4-13(14(19)9-12)11-5-7-21(8-6-11)17(24)26-2/h3-5,9,15H,6-8,10H2,1-2H3,(H,20,23)/t15-/m1/s1. The van der Waals surface area contributed by atoms with E-state index in [2.05, 4.69) is 10.1 Å². The quantitative estimate of drug-likeness (QED) is 0.867. The molecule has 27 heavy (non-hydrogen) atoms. The van der Waals surface area contributed by atoms with Crippen LogP contribution in [0.2, 0.25) is 0 Å². The molecule has 9 heteroatoms. The van der Waals surface area contributed by atoms with E-state index in [9.17, 15) is 18.8 Å². The fourth-order valence-corrected chi connectivity index (χ4v) is 3.11. The Bertz CT molecular complexity index is 810. The lowest BCUT2D eigenvalue weighted by Gasteiger charge is -2.25. The van der Waals surface area contributed by atoms with Gasteiger partial charge in [-0.2, -0.15) is 0 Å². The summed E-state index contributed by atoms with van der Waals surface area (Å²) in [6, 6.07) is 4.45. The van der Waals surface area contributed by atoms with Gasteiger partial charge in [-0.25, -0.2) is 14.0 Å². The van der Waals surface area contributed by atoms with Gasteiger partial charge in [0.25, 0.3) is 5.91 Å². The van der Waals surface area contributed by atoms with Gasteiger partial charge in [0, 0.05) is 25.7 Å². The van der Waals surface area contributed by atoms with Crippen LogP contribution < -0.4 is 10.2 Å². The second kappa shape index (κ2) is 7.65. The van der Waals surface area contributed by atoms with E-state index in [4.69, 9.17) is 4.74 Å². The van der Waals surface area contributed by atoms with E-state index in [-0.39, 0.29) is 6.54 Å². The molecule has 0 spiro atoms. The number of carbonyl (C=O) groups excluding carboxylic acids is 3. The fourth-order valence-electron chi connectivity index (χ4n) is 3.11. The van der Waals surface area contributed by atoms with E-state index in [0.29, 0.717) is 30.8 Å². The second-order valence-corrected chi connectivity index (χ2v) is 6.16. The third-order valence-electron chi connectivity index (χ3n) is 4.60. The van der Waals surface area contributed by atoms with Crippen LogP contribution in [0.15, 0.2) is 24.3 Å². The van der Waals surface area contributed by atoms with Crippen LogP contribution in [0, 0.1) is 5.82 Å². The van der Waals surface area contributed by atoms with Gasteiger partial charge in [0.05, 0.1) is 19.3 Å². The number of amides is 3. The summed E-state index contributed by atoms with van der Waals surface area (Å²) < 4.78 is 24.3. The van der Waals surface area contributed by atoms with Crippen molar-refractivity contribution in [2.75, 3.05) is 38.7 Å². The number of cyclic esters (lactones) is 1. The molecule has 144 valence electrons. The molecule has 2 aliphatic heterocycles. The van der Waals surface area contributed by atoms with Crippen molar-refractivity contribution in [2.24, 2.45) is 0 Å². The van der Waals surface area contributed by atoms with Crippen LogP contribution in [0.25, 0.3) is 5.57 Å². The zero-order chi connectivity index (χ0) is 19.6. The number of nitrogens with zero attached hydrogens (tertiary/aromatic N) is 2. The predicted octanol–water partition coefficient (Wildman–Crippen LogP) is 1.75. The summed E-state index contributed by atoms with van der Waals surface area (Å²) >= 11 is 0. The molecule has 2 aliphatic rings. The van der Waals surface area contributed by atoms with Crippen LogP contribution in [-0.4, -0.2) is 62.9 Å². The van der Waals surface area contributed by atoms with Crippen molar-refractivity contribution in [3.8, 4) is 0 Å². The van der Waals surface area contributed by atoms with Crippen molar-refractivity contribution in [3.05, 3.63) is 35.7 Å². The maximum atomic E-state index is 14.7. The smallest absolute Gasteiger partial charge is 0.415 e. The highest BCUT2D eigenvalue weighted by Gasteiger charge is 2.36. The van der Waals surface area contributed by atoms with Crippen molar-refractivity contribution < 1.29 is 28.2 Å². The van der Waals surface area contributed by atoms with Crippen LogP contribution >= 0.6 is 0 Å². The number of nitrogens with one attached hydrogen (secondary N) is 1. The molecule has 0 radical (unpaired) electrons. The van der Waals surface area contributed by atoms with Crippen molar-refractivity contribution in [2.45, 2.75) is 12.5 Å². The van der Waals surface area contributed by atoms with E-state index >= 15 is 0 Å². The molecule has 1 atom stereocenters. The largest absolute Gasteiger partial charge is 0.453 e. The molecule has 1 aromatic carbocycles. The summed E-state index contributed by atoms with van der Waals surface area (Å²) in [6.07, 6.45) is 0.247. The third kappa shape index (κ3) is 3.71. The number of halogens is 1. The Kier molecular flexibility index (Phi) is 5.29. The summed E-state index contributed by atoms with van der Waals surface area (Å²) in [5.41, 5.74) is 1.52. The molecule has 2 heterocycles. The summed E-state index contributed by atoms with van der Waals surface area (Å²) in [6.45, 7) is 0.801. The lowest BCUT2D eigenvalue weighted by molar-refractivity contribution is -0.127. The molecular weight excluding hydrogens is 357 g/mol. The van der Waals surface area contributed by atoms with Crippen LogP contribution in [0.5, 0.6) is 0 Å². The van der Waals surface area contributed by atoms with Gasteiger partial charge in [-0.1, -0.05) is 6.08 Å². The van der Waals surface area contributed by atoms with Crippen molar-refractivity contribution in [1.29, 1.82) is 0 Å². The summed E-state index contributed by atoms with van der Waals surface area (Å²) in [5.74, 6) is -0.896. The molecule has 1 N–H and O–H groups in total. The molecule has 0 aromatic heterocycles. The van der Waals surface area contributed by atoms with E-state index in [1.165, 1.54) is 30.0 Å². The third-order valence-corrected chi connectivity index (χ3v) is 4.60. The summed E-state index contributed by atoms with van der Waals surface area (Å²) in [4.78, 5) is 37.9. The minimum Gasteiger partial charge on any atom is -0.453 e. The molecule has 8 nitrogen and oxygen atoms in total. The number of carbonyl (C=O) groups is 3. The van der Waals surface area contributed by atoms with Crippen LogP contribution in [0.4, 0.5) is 19.7 Å². The van der Waals surface area contributed by atoms with Crippen molar-refractivity contribution >= 4 is 29.4 Å². The Hall–Kier alpha value is -3.10. The van der Waals surface area contributed by atoms with Crippen LogP contribution in [-0.2, 0) is 14.3 Å². The average Bonchev–Trinajstić information content (AvgIpc) is 3.08. The monoisotopic (exact) mass is 377 g/mol. The highest BCUT2D eigenvalue weighted by atomic mass is 19.1. The lowest BCUT2D eigenvalue weighted by atomic mass is 9.98. The fraction of sp³-hybridized carbons (Fsp3) is 0.389. The van der Waals surface area contributed by atoms with E-state index < -0.39 is 30.0 Å². The minimum atomic E-state index is -0.921. The van der Waals surface area contributed by atoms with Gasteiger partial charge in [-0.3, -0.25) is 9.69 Å². The molecule has 1 aromatic rings. The van der Waals surface area contributed by atoms with Gasteiger partial charge in [-0.05, 0) is 30.2 Å². The first-order chi connectivity index (χ1) is 12.9. The molecule has 3 amide bonds. The zero-order valence-electron chi connectivity index (χ0n) is 15.0. The van der Waals surface area contributed by atoms with Gasteiger partial charge in [0.15, 0.2) is 6.10 Å². The Morgan fingerprint density at radius 3 is 2.74 bits per heavy atom. The van der Waals surface area contributed by atoms with E-state index in [0.717, 1.165) is 5.57 Å². The van der Waals surface area contributed by atoms with Crippen LogP contribution in [0.3, 0.4) is 0 Å². The van der Waals surface area contributed by atoms with Crippen LogP contribution in [0.1, 0.15) is 12.0 Å². The number of rotatable bonds is 3. The molecule has 1 fully saturated rings. The maximum absolute atomic E-state index is 14.7. The molecule has 3 rings (SSSR count). The highest BCUT2D eigenvalue weighted by molar-refractivity contribution is 5.95. The number of ether oxygens (including phenoxy) is 2. The minimum absolute atomic E-state index is 0.0219. The highest BCUT2D eigenvalue weighted by Crippen LogP contribution is 2.29. The maximum Gasteiger partial charge on any atom is 0.415 e. The molecule has 0 unspecified atom stereocenters. The number of methoxy groups -OCH3 is 1. The number of likely N-dealkylation sites (N-methyl/N-ethyl adjacent to an activating group) is 1. The number of hydrogen-bond donors (Lipinski definition) is 1. The molecule has 1 saturated heterocycles. The van der Waals surface area contributed by atoms with Gasteiger partial charge in [0.1, 0.15) is 5.82 Å². The number of benzene rings is 1. The molecule has 0 saturated carbocycles. The van der Waals surface area contributed by atoms with Gasteiger partial charge in [0.2, 0.25) is 0 Å². The molecule has 0 bridgehead atoms. The zero-order valence-corrected chi connectivity index (χ0v) is 15.0. The number of hydrogen-bond acceptors (Lipinski definition) is 5. The Morgan fingerprint density at radius 2 is 2.15 bits per heavy atom.